The minimum absolute atomic E-state index is 0.476. The van der Waals surface area contributed by atoms with Gasteiger partial charge >= 0.3 is 0 Å². The summed E-state index contributed by atoms with van der Waals surface area (Å²) in [6.45, 7) is 5.23. The molecular formula is C21H25BrN4O2S. The first-order valence-corrected chi connectivity index (χ1v) is 10.7. The third kappa shape index (κ3) is 5.19. The Balaban J connectivity index is 1.75. The zero-order valence-corrected chi connectivity index (χ0v) is 19.2. The number of nitrogens with one attached hydrogen (secondary N) is 2. The minimum atomic E-state index is 0.476. The van der Waals surface area contributed by atoms with Crippen LogP contribution >= 0.6 is 28.1 Å². The molecule has 0 aliphatic rings. The minimum Gasteiger partial charge on any atom is -0.493 e. The number of aromatic amines is 1. The lowest BCUT2D eigenvalue weighted by Crippen LogP contribution is -2.17. The summed E-state index contributed by atoms with van der Waals surface area (Å²) >= 11 is 8.94. The molecule has 3 rings (SSSR count). The zero-order valence-electron chi connectivity index (χ0n) is 16.8. The van der Waals surface area contributed by atoms with Gasteiger partial charge in [0.1, 0.15) is 6.61 Å². The Kier molecular flexibility index (Phi) is 7.33. The van der Waals surface area contributed by atoms with E-state index < -0.39 is 0 Å². The van der Waals surface area contributed by atoms with Gasteiger partial charge in [-0.15, -0.1) is 0 Å². The molecule has 0 aliphatic carbocycles. The predicted octanol–water partition coefficient (Wildman–Crippen LogP) is 5.30. The molecule has 0 saturated carbocycles. The lowest BCUT2D eigenvalue weighted by molar-refractivity contribution is 0.282. The van der Waals surface area contributed by atoms with E-state index in [1.807, 2.05) is 28.9 Å². The molecule has 0 aliphatic heterocycles. The van der Waals surface area contributed by atoms with E-state index in [0.29, 0.717) is 29.4 Å². The van der Waals surface area contributed by atoms with Crippen molar-refractivity contribution in [2.45, 2.75) is 39.8 Å². The number of halogens is 1. The molecule has 8 heteroatoms. The average molecular weight is 477 g/mol. The standard InChI is InChI=1S/C21H25BrN4O2S/c1-4-7-19-24-25-21(29)26(19)23-12-15-10-17(22)20(18(11-15)27-3)28-13-16-9-6-5-8-14(16)2/h5-6,8-11,23H,4,7,12-13H2,1-3H3,(H,25,29). The molecule has 154 valence electrons. The fourth-order valence-corrected chi connectivity index (χ4v) is 3.81. The van der Waals surface area contributed by atoms with Gasteiger partial charge in [0.25, 0.3) is 0 Å². The van der Waals surface area contributed by atoms with Crippen LogP contribution in [0.3, 0.4) is 0 Å². The van der Waals surface area contributed by atoms with Crippen LogP contribution < -0.4 is 14.9 Å². The van der Waals surface area contributed by atoms with Crippen LogP contribution in [0.15, 0.2) is 40.9 Å². The fraction of sp³-hybridized carbons (Fsp3) is 0.333. The topological polar surface area (TPSA) is 64.1 Å². The van der Waals surface area contributed by atoms with Crippen molar-refractivity contribution in [3.05, 3.63) is 68.2 Å². The number of aryl methyl sites for hydroxylation is 2. The molecule has 0 unspecified atom stereocenters. The van der Waals surface area contributed by atoms with Crippen LogP contribution in [0, 0.1) is 11.7 Å². The largest absolute Gasteiger partial charge is 0.493 e. The molecule has 0 radical (unpaired) electrons. The second-order valence-electron chi connectivity index (χ2n) is 6.69. The SMILES string of the molecule is CCCc1n[nH]c(=S)n1NCc1cc(Br)c(OCc2ccccc2C)c(OC)c1. The molecule has 0 amide bonds. The van der Waals surface area contributed by atoms with E-state index in [2.05, 4.69) is 57.5 Å². The van der Waals surface area contributed by atoms with E-state index >= 15 is 0 Å². The van der Waals surface area contributed by atoms with Crippen LogP contribution in [0.2, 0.25) is 0 Å². The van der Waals surface area contributed by atoms with Crippen molar-refractivity contribution in [2.75, 3.05) is 12.5 Å². The summed E-state index contributed by atoms with van der Waals surface area (Å²) in [7, 11) is 1.64. The number of rotatable bonds is 9. The van der Waals surface area contributed by atoms with Crippen molar-refractivity contribution in [1.29, 1.82) is 0 Å². The Morgan fingerprint density at radius 1 is 1.28 bits per heavy atom. The Bertz CT molecular complexity index is 1030. The molecule has 6 nitrogen and oxygen atoms in total. The van der Waals surface area contributed by atoms with Gasteiger partial charge in [0.05, 0.1) is 18.1 Å². The average Bonchev–Trinajstić information content (AvgIpc) is 3.06. The maximum atomic E-state index is 6.07. The van der Waals surface area contributed by atoms with Crippen molar-refractivity contribution in [3.63, 3.8) is 0 Å². The first-order chi connectivity index (χ1) is 14.0. The highest BCUT2D eigenvalue weighted by Gasteiger charge is 2.13. The van der Waals surface area contributed by atoms with Gasteiger partial charge in [-0.2, -0.15) is 5.10 Å². The third-order valence-corrected chi connectivity index (χ3v) is 5.44. The molecule has 0 fully saturated rings. The number of hydrogen-bond acceptors (Lipinski definition) is 5. The summed E-state index contributed by atoms with van der Waals surface area (Å²) in [4.78, 5) is 0. The second-order valence-corrected chi connectivity index (χ2v) is 7.93. The molecular weight excluding hydrogens is 452 g/mol. The smallest absolute Gasteiger partial charge is 0.214 e. The molecule has 0 spiro atoms. The van der Waals surface area contributed by atoms with Crippen molar-refractivity contribution in [1.82, 2.24) is 14.9 Å². The first kappa shape index (κ1) is 21.4. The number of H-pyrrole nitrogens is 1. The lowest BCUT2D eigenvalue weighted by atomic mass is 10.1. The van der Waals surface area contributed by atoms with Crippen molar-refractivity contribution in [2.24, 2.45) is 0 Å². The molecule has 3 aromatic rings. The van der Waals surface area contributed by atoms with Crippen LogP contribution in [-0.4, -0.2) is 22.0 Å². The molecule has 0 bridgehead atoms. The van der Waals surface area contributed by atoms with Gasteiger partial charge in [0, 0.05) is 6.42 Å². The molecule has 2 aromatic carbocycles. The maximum absolute atomic E-state index is 6.07. The first-order valence-electron chi connectivity index (χ1n) is 9.47. The van der Waals surface area contributed by atoms with E-state index in [0.717, 1.165) is 34.3 Å². The summed E-state index contributed by atoms with van der Waals surface area (Å²) in [5.74, 6) is 2.25. The maximum Gasteiger partial charge on any atom is 0.214 e. The van der Waals surface area contributed by atoms with Crippen LogP contribution in [0.1, 0.15) is 35.9 Å². The summed E-state index contributed by atoms with van der Waals surface area (Å²) in [5, 5.41) is 7.11. The van der Waals surface area contributed by atoms with Gasteiger partial charge in [-0.25, -0.2) is 4.68 Å². The monoisotopic (exact) mass is 476 g/mol. The van der Waals surface area contributed by atoms with Crippen LogP contribution in [0.5, 0.6) is 11.5 Å². The summed E-state index contributed by atoms with van der Waals surface area (Å²) in [6, 6.07) is 12.2. The normalized spacial score (nSPS) is 10.8. The third-order valence-electron chi connectivity index (χ3n) is 4.58. The van der Waals surface area contributed by atoms with Gasteiger partial charge in [0.15, 0.2) is 17.3 Å². The quantitative estimate of drug-likeness (QED) is 0.410. The summed E-state index contributed by atoms with van der Waals surface area (Å²) in [6.07, 6.45) is 1.84. The Morgan fingerprint density at radius 3 is 2.79 bits per heavy atom. The number of aromatic nitrogens is 3. The van der Waals surface area contributed by atoms with E-state index in [4.69, 9.17) is 21.7 Å². The highest BCUT2D eigenvalue weighted by atomic mass is 79.9. The van der Waals surface area contributed by atoms with Crippen molar-refractivity contribution < 1.29 is 9.47 Å². The fourth-order valence-electron chi connectivity index (χ4n) is 2.99. The van der Waals surface area contributed by atoms with Crippen LogP contribution in [0.4, 0.5) is 0 Å². The number of hydrogen-bond donors (Lipinski definition) is 2. The van der Waals surface area contributed by atoms with Crippen molar-refractivity contribution in [3.8, 4) is 11.5 Å². The number of methoxy groups -OCH3 is 1. The molecule has 0 atom stereocenters. The highest BCUT2D eigenvalue weighted by Crippen LogP contribution is 2.37. The van der Waals surface area contributed by atoms with Crippen LogP contribution in [-0.2, 0) is 19.6 Å². The van der Waals surface area contributed by atoms with Gasteiger partial charge in [-0.05, 0) is 70.3 Å². The van der Waals surface area contributed by atoms with Crippen molar-refractivity contribution >= 4 is 28.1 Å². The Labute approximate surface area is 184 Å². The summed E-state index contributed by atoms with van der Waals surface area (Å²) < 4.78 is 14.9. The van der Waals surface area contributed by atoms with E-state index in [1.54, 1.807) is 7.11 Å². The molecule has 1 aromatic heterocycles. The molecule has 2 N–H and O–H groups in total. The van der Waals surface area contributed by atoms with Gasteiger partial charge in [0.2, 0.25) is 4.77 Å². The second kappa shape index (κ2) is 9.93. The predicted molar refractivity (Wildman–Crippen MR) is 121 cm³/mol. The lowest BCUT2D eigenvalue weighted by Gasteiger charge is -2.16. The Hall–Kier alpha value is -2.32. The highest BCUT2D eigenvalue weighted by molar-refractivity contribution is 9.10. The number of nitrogens with zero attached hydrogens (tertiary/aromatic N) is 2. The van der Waals surface area contributed by atoms with E-state index in [-0.39, 0.29) is 0 Å². The Morgan fingerprint density at radius 2 is 2.07 bits per heavy atom. The molecule has 0 saturated heterocycles. The number of benzene rings is 2. The summed E-state index contributed by atoms with van der Waals surface area (Å²) in [5.41, 5.74) is 6.70. The number of ether oxygens (including phenoxy) is 2. The van der Waals surface area contributed by atoms with Crippen LogP contribution in [0.25, 0.3) is 0 Å². The van der Waals surface area contributed by atoms with Gasteiger partial charge < -0.3 is 14.9 Å². The van der Waals surface area contributed by atoms with Gasteiger partial charge in [-0.1, -0.05) is 31.2 Å². The van der Waals surface area contributed by atoms with Gasteiger partial charge in [-0.3, -0.25) is 5.10 Å². The van der Waals surface area contributed by atoms with E-state index in [9.17, 15) is 0 Å². The zero-order chi connectivity index (χ0) is 20.8. The van der Waals surface area contributed by atoms with E-state index in [1.165, 1.54) is 5.56 Å². The molecule has 29 heavy (non-hydrogen) atoms. The molecule has 1 heterocycles.